The van der Waals surface area contributed by atoms with Gasteiger partial charge in [-0.15, -0.1) is 0 Å². The molecule has 0 unspecified atom stereocenters. The standard InChI is InChI=1S/C62H56N4/c1-41-39-63-57(37-55(41)43-19-11-9-12-20-43)45-31-47(61(3,4)5)35-51(33-45)65(49-27-29-50(30-28-49)66-59-25-17-15-23-53(59)54-24-16-18-26-60(54)66)52-34-46(32-48(36-52)62(6,7)8)58-38-56(42(2)40-64-58)44-21-13-10-14-22-44/h9-40H,1-8H3. The molecule has 0 aliphatic rings. The molecule has 0 saturated carbocycles. The summed E-state index contributed by atoms with van der Waals surface area (Å²) in [6, 6.07) is 66.3. The molecule has 0 fully saturated rings. The van der Waals surface area contributed by atoms with Gasteiger partial charge in [-0.3, -0.25) is 9.97 Å². The molecule has 10 aromatic rings. The number of aryl methyl sites for hydroxylation is 2. The van der Waals surface area contributed by atoms with Crippen LogP contribution in [0.15, 0.2) is 194 Å². The average Bonchev–Trinajstić information content (AvgIpc) is 3.66. The fraction of sp³-hybridized carbons (Fsp3) is 0.161. The van der Waals surface area contributed by atoms with Crippen LogP contribution in [0.2, 0.25) is 0 Å². The maximum Gasteiger partial charge on any atom is 0.0709 e. The van der Waals surface area contributed by atoms with Crippen LogP contribution in [-0.2, 0) is 10.8 Å². The number of nitrogens with zero attached hydrogens (tertiary/aromatic N) is 4. The molecular formula is C62H56N4. The highest BCUT2D eigenvalue weighted by Crippen LogP contribution is 2.44. The minimum Gasteiger partial charge on any atom is -0.310 e. The molecule has 0 saturated heterocycles. The van der Waals surface area contributed by atoms with Crippen molar-refractivity contribution in [1.29, 1.82) is 0 Å². The minimum absolute atomic E-state index is 0.151. The van der Waals surface area contributed by atoms with Crippen molar-refractivity contribution in [2.24, 2.45) is 0 Å². The lowest BCUT2D eigenvalue weighted by Crippen LogP contribution is -2.17. The highest BCUT2D eigenvalue weighted by molar-refractivity contribution is 6.09. The van der Waals surface area contributed by atoms with Gasteiger partial charge in [0.25, 0.3) is 0 Å². The van der Waals surface area contributed by atoms with E-state index >= 15 is 0 Å². The van der Waals surface area contributed by atoms with Gasteiger partial charge in [0.15, 0.2) is 0 Å². The summed E-state index contributed by atoms with van der Waals surface area (Å²) < 4.78 is 2.39. The average molecular weight is 857 g/mol. The van der Waals surface area contributed by atoms with Crippen molar-refractivity contribution in [2.45, 2.75) is 66.2 Å². The van der Waals surface area contributed by atoms with Crippen LogP contribution in [0.25, 0.3) is 72.3 Å². The number of hydrogen-bond donors (Lipinski definition) is 0. The number of rotatable bonds is 8. The Bertz CT molecular complexity index is 3180. The van der Waals surface area contributed by atoms with Crippen LogP contribution in [-0.4, -0.2) is 14.5 Å². The smallest absolute Gasteiger partial charge is 0.0709 e. The van der Waals surface area contributed by atoms with Gasteiger partial charge >= 0.3 is 0 Å². The maximum atomic E-state index is 5.10. The number of pyridine rings is 2. The molecule has 0 atom stereocenters. The van der Waals surface area contributed by atoms with E-state index in [9.17, 15) is 0 Å². The highest BCUT2D eigenvalue weighted by Gasteiger charge is 2.25. The van der Waals surface area contributed by atoms with E-state index in [2.05, 4.69) is 247 Å². The third kappa shape index (κ3) is 8.09. The molecule has 3 heterocycles. The van der Waals surface area contributed by atoms with Crippen molar-refractivity contribution in [3.05, 3.63) is 217 Å². The predicted molar refractivity (Wildman–Crippen MR) is 280 cm³/mol. The molecule has 4 nitrogen and oxygen atoms in total. The minimum atomic E-state index is -0.151. The number of benzene rings is 7. The second kappa shape index (κ2) is 16.8. The molecule has 0 bridgehead atoms. The molecule has 0 spiro atoms. The molecule has 0 aliphatic carbocycles. The maximum absolute atomic E-state index is 5.10. The first kappa shape index (κ1) is 42.4. The van der Waals surface area contributed by atoms with Gasteiger partial charge < -0.3 is 9.47 Å². The second-order valence-electron chi connectivity index (χ2n) is 19.8. The van der Waals surface area contributed by atoms with Crippen molar-refractivity contribution >= 4 is 38.9 Å². The molecule has 0 aliphatic heterocycles. The van der Waals surface area contributed by atoms with Crippen molar-refractivity contribution in [3.63, 3.8) is 0 Å². The lowest BCUT2D eigenvalue weighted by Gasteiger charge is -2.31. The highest BCUT2D eigenvalue weighted by atomic mass is 15.1. The van der Waals surface area contributed by atoms with Crippen LogP contribution < -0.4 is 4.90 Å². The van der Waals surface area contributed by atoms with Crippen molar-refractivity contribution < 1.29 is 0 Å². The van der Waals surface area contributed by atoms with Crippen LogP contribution in [0, 0.1) is 13.8 Å². The van der Waals surface area contributed by atoms with Crippen LogP contribution in [0.1, 0.15) is 63.8 Å². The zero-order chi connectivity index (χ0) is 45.7. The molecule has 0 N–H and O–H groups in total. The lowest BCUT2D eigenvalue weighted by molar-refractivity contribution is 0.590. The van der Waals surface area contributed by atoms with Crippen molar-refractivity contribution in [1.82, 2.24) is 14.5 Å². The van der Waals surface area contributed by atoms with Gasteiger partial charge in [-0.05, 0) is 154 Å². The molecule has 0 amide bonds. The summed E-state index contributed by atoms with van der Waals surface area (Å²) in [7, 11) is 0. The summed E-state index contributed by atoms with van der Waals surface area (Å²) in [6.45, 7) is 18.1. The van der Waals surface area contributed by atoms with Crippen LogP contribution in [0.4, 0.5) is 17.1 Å². The Morgan fingerprint density at radius 3 is 1.23 bits per heavy atom. The lowest BCUT2D eigenvalue weighted by atomic mass is 9.84. The van der Waals surface area contributed by atoms with E-state index in [4.69, 9.17) is 9.97 Å². The van der Waals surface area contributed by atoms with Crippen LogP contribution >= 0.6 is 0 Å². The molecule has 324 valence electrons. The molecule has 4 heteroatoms. The van der Waals surface area contributed by atoms with Gasteiger partial charge in [0.2, 0.25) is 0 Å². The van der Waals surface area contributed by atoms with E-state index in [1.165, 1.54) is 55.2 Å². The van der Waals surface area contributed by atoms with E-state index < -0.39 is 0 Å². The molecule has 3 aromatic heterocycles. The Morgan fingerprint density at radius 1 is 0.394 bits per heavy atom. The Morgan fingerprint density at radius 2 is 0.803 bits per heavy atom. The molecule has 7 aromatic carbocycles. The third-order valence-electron chi connectivity index (χ3n) is 13.0. The predicted octanol–water partition coefficient (Wildman–Crippen LogP) is 16.9. The SMILES string of the molecule is Cc1cnc(-c2cc(N(c3ccc(-n4c5ccccc5c5ccccc54)cc3)c3cc(-c4cc(-c5ccccc5)c(C)cn4)cc(C(C)(C)C)c3)cc(C(C)(C)C)c2)cc1-c1ccccc1. The Kier molecular flexibility index (Phi) is 10.8. The fourth-order valence-corrected chi connectivity index (χ4v) is 9.26. The second-order valence-corrected chi connectivity index (χ2v) is 19.8. The Balaban J connectivity index is 1.20. The van der Waals surface area contributed by atoms with E-state index in [-0.39, 0.29) is 10.8 Å². The van der Waals surface area contributed by atoms with E-state index in [0.29, 0.717) is 0 Å². The molecule has 0 radical (unpaired) electrons. The zero-order valence-corrected chi connectivity index (χ0v) is 39.3. The number of aromatic nitrogens is 3. The fourth-order valence-electron chi connectivity index (χ4n) is 9.26. The third-order valence-corrected chi connectivity index (χ3v) is 13.0. The van der Waals surface area contributed by atoms with Gasteiger partial charge in [0.05, 0.1) is 22.4 Å². The van der Waals surface area contributed by atoms with Crippen LogP contribution in [0.5, 0.6) is 0 Å². The number of hydrogen-bond acceptors (Lipinski definition) is 3. The van der Waals surface area contributed by atoms with E-state index in [1.807, 2.05) is 12.4 Å². The summed E-state index contributed by atoms with van der Waals surface area (Å²) in [4.78, 5) is 12.6. The van der Waals surface area contributed by atoms with Gasteiger partial charge in [0.1, 0.15) is 0 Å². The molecule has 10 rings (SSSR count). The van der Waals surface area contributed by atoms with E-state index in [0.717, 1.165) is 56.4 Å². The summed E-state index contributed by atoms with van der Waals surface area (Å²) in [6.07, 6.45) is 4.03. The summed E-state index contributed by atoms with van der Waals surface area (Å²) in [5, 5.41) is 2.49. The summed E-state index contributed by atoms with van der Waals surface area (Å²) >= 11 is 0. The van der Waals surface area contributed by atoms with Crippen molar-refractivity contribution in [2.75, 3.05) is 4.90 Å². The number of para-hydroxylation sites is 2. The van der Waals surface area contributed by atoms with Gasteiger partial charge in [0, 0.05) is 57.0 Å². The zero-order valence-electron chi connectivity index (χ0n) is 39.3. The quantitative estimate of drug-likeness (QED) is 0.153. The van der Waals surface area contributed by atoms with Gasteiger partial charge in [-0.2, -0.15) is 0 Å². The Labute approximate surface area is 389 Å². The van der Waals surface area contributed by atoms with Crippen LogP contribution in [0.3, 0.4) is 0 Å². The van der Waals surface area contributed by atoms with E-state index in [1.54, 1.807) is 0 Å². The number of anilines is 3. The summed E-state index contributed by atoms with van der Waals surface area (Å²) in [5.41, 5.74) is 19.9. The topological polar surface area (TPSA) is 34.0 Å². The first-order valence-corrected chi connectivity index (χ1v) is 23.0. The normalized spacial score (nSPS) is 11.9. The van der Waals surface area contributed by atoms with Gasteiger partial charge in [-0.1, -0.05) is 139 Å². The van der Waals surface area contributed by atoms with Crippen molar-refractivity contribution in [3.8, 4) is 50.5 Å². The van der Waals surface area contributed by atoms with Gasteiger partial charge in [-0.25, -0.2) is 0 Å². The first-order valence-electron chi connectivity index (χ1n) is 23.0. The number of fused-ring (bicyclic) bond motifs is 3. The monoisotopic (exact) mass is 856 g/mol. The molecule has 66 heavy (non-hydrogen) atoms. The Hall–Kier alpha value is -7.56. The summed E-state index contributed by atoms with van der Waals surface area (Å²) in [5.74, 6) is 0. The first-order chi connectivity index (χ1) is 31.8. The largest absolute Gasteiger partial charge is 0.310 e. The molecular weight excluding hydrogens is 801 g/mol.